The Labute approximate surface area is 117 Å². The van der Waals surface area contributed by atoms with E-state index in [4.69, 9.17) is 4.74 Å². The molecule has 2 aromatic rings. The second-order valence-electron chi connectivity index (χ2n) is 4.89. The molecule has 2 N–H and O–H groups in total. The molecule has 1 heterocycles. The van der Waals surface area contributed by atoms with E-state index in [2.05, 4.69) is 41.8 Å². The van der Waals surface area contributed by atoms with Gasteiger partial charge in [-0.3, -0.25) is 4.79 Å². The van der Waals surface area contributed by atoms with Gasteiger partial charge in [0.05, 0.1) is 5.69 Å². The highest BCUT2D eigenvalue weighted by Gasteiger charge is 2.15. The van der Waals surface area contributed by atoms with E-state index in [-0.39, 0.29) is 12.5 Å². The fraction of sp³-hybridized carbons (Fsp3) is 0.188. The van der Waals surface area contributed by atoms with Gasteiger partial charge in [-0.2, -0.15) is 0 Å². The molecular formula is C16H16N2O2. The molecule has 3 rings (SSSR count). The molecule has 0 saturated carbocycles. The van der Waals surface area contributed by atoms with Crippen molar-refractivity contribution in [2.24, 2.45) is 0 Å². The summed E-state index contributed by atoms with van der Waals surface area (Å²) in [7, 11) is 0. The van der Waals surface area contributed by atoms with Crippen LogP contribution in [0.4, 0.5) is 11.4 Å². The van der Waals surface area contributed by atoms with Gasteiger partial charge in [-0.1, -0.05) is 29.8 Å². The van der Waals surface area contributed by atoms with E-state index in [0.29, 0.717) is 5.75 Å². The summed E-state index contributed by atoms with van der Waals surface area (Å²) in [5.41, 5.74) is 4.18. The highest BCUT2D eigenvalue weighted by Crippen LogP contribution is 2.30. The Hall–Kier alpha value is -2.49. The minimum absolute atomic E-state index is 0.0777. The first-order valence-corrected chi connectivity index (χ1v) is 6.57. The molecule has 20 heavy (non-hydrogen) atoms. The first-order chi connectivity index (χ1) is 9.70. The van der Waals surface area contributed by atoms with Crippen LogP contribution in [0.15, 0.2) is 42.5 Å². The SMILES string of the molecule is Cc1cccc(CNc2ccc3c(c2)OCC(=O)N3)c1. The van der Waals surface area contributed by atoms with Crippen LogP contribution in [-0.2, 0) is 11.3 Å². The van der Waals surface area contributed by atoms with E-state index < -0.39 is 0 Å². The third-order valence-corrected chi connectivity index (χ3v) is 3.19. The number of fused-ring (bicyclic) bond motifs is 1. The molecule has 4 nitrogen and oxygen atoms in total. The molecule has 1 aliphatic rings. The summed E-state index contributed by atoms with van der Waals surface area (Å²) in [5, 5.41) is 6.13. The Kier molecular flexibility index (Phi) is 3.29. The van der Waals surface area contributed by atoms with E-state index >= 15 is 0 Å². The van der Waals surface area contributed by atoms with Crippen LogP contribution in [0.3, 0.4) is 0 Å². The Balaban J connectivity index is 1.71. The smallest absolute Gasteiger partial charge is 0.262 e. The highest BCUT2D eigenvalue weighted by atomic mass is 16.5. The van der Waals surface area contributed by atoms with Gasteiger partial charge in [0.15, 0.2) is 6.61 Å². The van der Waals surface area contributed by atoms with Crippen molar-refractivity contribution < 1.29 is 9.53 Å². The van der Waals surface area contributed by atoms with Crippen LogP contribution >= 0.6 is 0 Å². The molecule has 0 aliphatic carbocycles. The van der Waals surface area contributed by atoms with Gasteiger partial charge in [0.25, 0.3) is 5.91 Å². The largest absolute Gasteiger partial charge is 0.482 e. The Morgan fingerprint density at radius 1 is 1.25 bits per heavy atom. The number of ether oxygens (including phenoxy) is 1. The van der Waals surface area contributed by atoms with E-state index in [1.165, 1.54) is 11.1 Å². The maximum absolute atomic E-state index is 11.2. The minimum Gasteiger partial charge on any atom is -0.482 e. The molecule has 0 bridgehead atoms. The van der Waals surface area contributed by atoms with Crippen molar-refractivity contribution in [1.82, 2.24) is 0 Å². The molecule has 1 amide bonds. The van der Waals surface area contributed by atoms with Crippen LogP contribution in [0.1, 0.15) is 11.1 Å². The Bertz CT molecular complexity index is 653. The zero-order valence-corrected chi connectivity index (χ0v) is 11.3. The van der Waals surface area contributed by atoms with Gasteiger partial charge in [-0.15, -0.1) is 0 Å². The van der Waals surface area contributed by atoms with E-state index in [1.807, 2.05) is 18.2 Å². The lowest BCUT2D eigenvalue weighted by Gasteiger charge is -2.19. The molecule has 0 spiro atoms. The van der Waals surface area contributed by atoms with Crippen LogP contribution in [-0.4, -0.2) is 12.5 Å². The molecule has 1 aliphatic heterocycles. The van der Waals surface area contributed by atoms with Gasteiger partial charge >= 0.3 is 0 Å². The summed E-state index contributed by atoms with van der Waals surface area (Å²) >= 11 is 0. The van der Waals surface area contributed by atoms with Crippen molar-refractivity contribution in [1.29, 1.82) is 0 Å². The normalized spacial score (nSPS) is 13.2. The molecule has 0 fully saturated rings. The van der Waals surface area contributed by atoms with Gasteiger partial charge in [0.2, 0.25) is 0 Å². The average Bonchev–Trinajstić information content (AvgIpc) is 2.45. The molecule has 2 aromatic carbocycles. The summed E-state index contributed by atoms with van der Waals surface area (Å²) < 4.78 is 5.40. The number of rotatable bonds is 3. The fourth-order valence-corrected chi connectivity index (χ4v) is 2.21. The second-order valence-corrected chi connectivity index (χ2v) is 4.89. The van der Waals surface area contributed by atoms with E-state index in [1.54, 1.807) is 0 Å². The van der Waals surface area contributed by atoms with Gasteiger partial charge in [-0.05, 0) is 24.6 Å². The second kappa shape index (κ2) is 5.25. The number of amides is 1. The monoisotopic (exact) mass is 268 g/mol. The zero-order valence-electron chi connectivity index (χ0n) is 11.3. The lowest BCUT2D eigenvalue weighted by atomic mass is 10.1. The number of benzene rings is 2. The summed E-state index contributed by atoms with van der Waals surface area (Å²) in [6.07, 6.45) is 0. The van der Waals surface area contributed by atoms with Gasteiger partial charge in [0.1, 0.15) is 5.75 Å². The standard InChI is InChI=1S/C16H16N2O2/c1-11-3-2-4-12(7-11)9-17-13-5-6-14-15(8-13)20-10-16(19)18-14/h2-8,17H,9-10H2,1H3,(H,18,19). The molecular weight excluding hydrogens is 252 g/mol. The third-order valence-electron chi connectivity index (χ3n) is 3.19. The highest BCUT2D eigenvalue weighted by molar-refractivity contribution is 5.95. The predicted molar refractivity (Wildman–Crippen MR) is 79.1 cm³/mol. The molecule has 102 valence electrons. The van der Waals surface area contributed by atoms with Crippen LogP contribution in [0.2, 0.25) is 0 Å². The Morgan fingerprint density at radius 2 is 2.15 bits per heavy atom. The predicted octanol–water partition coefficient (Wildman–Crippen LogP) is 2.94. The minimum atomic E-state index is -0.113. The lowest BCUT2D eigenvalue weighted by Crippen LogP contribution is -2.25. The van der Waals surface area contributed by atoms with Crippen LogP contribution in [0, 0.1) is 6.92 Å². The van der Waals surface area contributed by atoms with E-state index in [9.17, 15) is 4.79 Å². The van der Waals surface area contributed by atoms with Crippen LogP contribution in [0.5, 0.6) is 5.75 Å². The average molecular weight is 268 g/mol. The number of hydrogen-bond donors (Lipinski definition) is 2. The molecule has 0 radical (unpaired) electrons. The van der Waals surface area contributed by atoms with Gasteiger partial charge < -0.3 is 15.4 Å². The van der Waals surface area contributed by atoms with E-state index in [0.717, 1.165) is 17.9 Å². The van der Waals surface area contributed by atoms with Crippen LogP contribution in [0.25, 0.3) is 0 Å². The van der Waals surface area contributed by atoms with Crippen molar-refractivity contribution >= 4 is 17.3 Å². The summed E-state index contributed by atoms with van der Waals surface area (Å²) in [4.78, 5) is 11.2. The summed E-state index contributed by atoms with van der Waals surface area (Å²) in [5.74, 6) is 0.594. The van der Waals surface area contributed by atoms with Crippen molar-refractivity contribution in [3.05, 3.63) is 53.6 Å². The van der Waals surface area contributed by atoms with Crippen molar-refractivity contribution in [2.45, 2.75) is 13.5 Å². The maximum atomic E-state index is 11.2. The lowest BCUT2D eigenvalue weighted by molar-refractivity contribution is -0.118. The topological polar surface area (TPSA) is 50.4 Å². The fourth-order valence-electron chi connectivity index (χ4n) is 2.21. The number of carbonyl (C=O) groups excluding carboxylic acids is 1. The van der Waals surface area contributed by atoms with Crippen molar-refractivity contribution in [3.8, 4) is 5.75 Å². The number of hydrogen-bond acceptors (Lipinski definition) is 3. The zero-order chi connectivity index (χ0) is 13.9. The van der Waals surface area contributed by atoms with Gasteiger partial charge in [0, 0.05) is 18.3 Å². The Morgan fingerprint density at radius 3 is 3.00 bits per heavy atom. The number of carbonyl (C=O) groups is 1. The molecule has 0 aromatic heterocycles. The third kappa shape index (κ3) is 2.74. The molecule has 0 saturated heterocycles. The first kappa shape index (κ1) is 12.5. The number of aryl methyl sites for hydroxylation is 1. The number of anilines is 2. The molecule has 0 unspecified atom stereocenters. The molecule has 4 heteroatoms. The van der Waals surface area contributed by atoms with Crippen LogP contribution < -0.4 is 15.4 Å². The van der Waals surface area contributed by atoms with Crippen molar-refractivity contribution in [3.63, 3.8) is 0 Å². The molecule has 0 atom stereocenters. The van der Waals surface area contributed by atoms with Gasteiger partial charge in [-0.25, -0.2) is 0 Å². The summed E-state index contributed by atoms with van der Waals surface area (Å²) in [6, 6.07) is 14.1. The summed E-state index contributed by atoms with van der Waals surface area (Å²) in [6.45, 7) is 2.92. The quantitative estimate of drug-likeness (QED) is 0.900. The van der Waals surface area contributed by atoms with Crippen molar-refractivity contribution in [2.75, 3.05) is 17.2 Å². The number of nitrogens with one attached hydrogen (secondary N) is 2. The first-order valence-electron chi connectivity index (χ1n) is 6.57. The maximum Gasteiger partial charge on any atom is 0.262 e.